The third kappa shape index (κ3) is 4.16. The molecule has 114 valence electrons. The summed E-state index contributed by atoms with van der Waals surface area (Å²) in [4.78, 5) is 4.72. The molecule has 1 aromatic carbocycles. The number of nitrogens with one attached hydrogen (secondary N) is 1. The molecule has 4 heteroatoms. The fourth-order valence-electron chi connectivity index (χ4n) is 3.06. The minimum absolute atomic E-state index is 0.0723. The van der Waals surface area contributed by atoms with E-state index in [1.54, 1.807) is 6.92 Å². The molecule has 0 aliphatic heterocycles. The minimum Gasteiger partial charge on any atom is -0.382 e. The van der Waals surface area contributed by atoms with Crippen molar-refractivity contribution in [1.82, 2.24) is 0 Å². The highest BCUT2D eigenvalue weighted by Crippen LogP contribution is 2.39. The van der Waals surface area contributed by atoms with Crippen LogP contribution in [0.15, 0.2) is 27.7 Å². The Morgan fingerprint density at radius 1 is 1.33 bits per heavy atom. The minimum atomic E-state index is 0.0723. The van der Waals surface area contributed by atoms with Crippen molar-refractivity contribution in [2.75, 3.05) is 0 Å². The molecule has 1 aliphatic rings. The summed E-state index contributed by atoms with van der Waals surface area (Å²) >= 11 is 3.56. The number of amidine groups is 1. The van der Waals surface area contributed by atoms with Gasteiger partial charge in [0.15, 0.2) is 0 Å². The van der Waals surface area contributed by atoms with Crippen molar-refractivity contribution in [3.05, 3.63) is 33.8 Å². The molecule has 1 unspecified atom stereocenters. The predicted octanol–water partition coefficient (Wildman–Crippen LogP) is 4.78. The van der Waals surface area contributed by atoms with Crippen LogP contribution in [0.4, 0.5) is 0 Å². The van der Waals surface area contributed by atoms with Crippen molar-refractivity contribution in [2.45, 2.75) is 52.0 Å². The highest BCUT2D eigenvalue weighted by molar-refractivity contribution is 9.10. The van der Waals surface area contributed by atoms with E-state index in [1.807, 2.05) is 0 Å². The summed E-state index contributed by atoms with van der Waals surface area (Å²) in [5.74, 6) is 0.898. The van der Waals surface area contributed by atoms with Crippen LogP contribution in [-0.4, -0.2) is 11.5 Å². The SMILES string of the molecule is CC(=N)C(N)=NC(c1cc(Br)ccc1C)C1CCCCC1. The fraction of sp³-hybridized carbons (Fsp3) is 0.529. The van der Waals surface area contributed by atoms with Crippen LogP contribution in [0.25, 0.3) is 0 Å². The molecule has 1 saturated carbocycles. The second-order valence-electron chi connectivity index (χ2n) is 5.98. The van der Waals surface area contributed by atoms with Gasteiger partial charge >= 0.3 is 0 Å². The Morgan fingerprint density at radius 2 is 2.00 bits per heavy atom. The molecule has 3 N–H and O–H groups in total. The van der Waals surface area contributed by atoms with Gasteiger partial charge in [-0.3, -0.25) is 4.99 Å². The van der Waals surface area contributed by atoms with E-state index >= 15 is 0 Å². The van der Waals surface area contributed by atoms with Crippen LogP contribution < -0.4 is 5.73 Å². The third-order valence-electron chi connectivity index (χ3n) is 4.32. The van der Waals surface area contributed by atoms with Crippen LogP contribution in [0.1, 0.15) is 56.2 Å². The first-order valence-corrected chi connectivity index (χ1v) is 8.43. The monoisotopic (exact) mass is 349 g/mol. The van der Waals surface area contributed by atoms with E-state index in [-0.39, 0.29) is 6.04 Å². The molecule has 0 heterocycles. The average Bonchev–Trinajstić information content (AvgIpc) is 2.48. The van der Waals surface area contributed by atoms with Crippen LogP contribution in [0.2, 0.25) is 0 Å². The molecule has 21 heavy (non-hydrogen) atoms. The zero-order valence-electron chi connectivity index (χ0n) is 12.8. The quantitative estimate of drug-likeness (QED) is 0.596. The van der Waals surface area contributed by atoms with E-state index in [1.165, 1.54) is 43.2 Å². The normalized spacial score (nSPS) is 18.5. The van der Waals surface area contributed by atoms with Gasteiger partial charge in [-0.2, -0.15) is 0 Å². The maximum Gasteiger partial charge on any atom is 0.139 e. The standard InChI is InChI=1S/C17H24BrN3/c1-11-8-9-14(18)10-15(11)16(21-17(20)12(2)19)13-6-4-3-5-7-13/h8-10,13,16,19H,3-7H2,1-2H3,(H2,20,21). The Kier molecular flexibility index (Phi) is 5.57. The van der Waals surface area contributed by atoms with Gasteiger partial charge in [-0.15, -0.1) is 0 Å². The van der Waals surface area contributed by atoms with Gasteiger partial charge in [0.25, 0.3) is 0 Å². The van der Waals surface area contributed by atoms with Crippen molar-refractivity contribution in [2.24, 2.45) is 16.6 Å². The smallest absolute Gasteiger partial charge is 0.139 e. The maximum absolute atomic E-state index is 7.70. The van der Waals surface area contributed by atoms with E-state index in [2.05, 4.69) is 41.1 Å². The molecule has 0 radical (unpaired) electrons. The Bertz CT molecular complexity index is 545. The molecule has 0 spiro atoms. The number of benzene rings is 1. The second kappa shape index (κ2) is 7.21. The summed E-state index contributed by atoms with van der Waals surface area (Å²) in [6.45, 7) is 3.82. The van der Waals surface area contributed by atoms with Gasteiger partial charge in [-0.25, -0.2) is 0 Å². The number of hydrogen-bond donors (Lipinski definition) is 2. The van der Waals surface area contributed by atoms with Crippen LogP contribution in [0.5, 0.6) is 0 Å². The van der Waals surface area contributed by atoms with Crippen LogP contribution in [0, 0.1) is 18.3 Å². The molecule has 1 atom stereocenters. The third-order valence-corrected chi connectivity index (χ3v) is 4.81. The number of hydrogen-bond acceptors (Lipinski definition) is 2. The van der Waals surface area contributed by atoms with Gasteiger partial charge in [0.2, 0.25) is 0 Å². The Morgan fingerprint density at radius 3 is 2.62 bits per heavy atom. The predicted molar refractivity (Wildman–Crippen MR) is 93.2 cm³/mol. The summed E-state index contributed by atoms with van der Waals surface area (Å²) in [5, 5.41) is 7.70. The van der Waals surface area contributed by atoms with Crippen molar-refractivity contribution >= 4 is 27.5 Å². The molecule has 3 nitrogen and oxygen atoms in total. The summed E-state index contributed by atoms with van der Waals surface area (Å²) in [5.41, 5.74) is 8.79. The first kappa shape index (κ1) is 16.2. The summed E-state index contributed by atoms with van der Waals surface area (Å²) in [6, 6.07) is 6.41. The number of nitrogens with zero attached hydrogens (tertiary/aromatic N) is 1. The van der Waals surface area contributed by atoms with Crippen molar-refractivity contribution in [3.63, 3.8) is 0 Å². The zero-order valence-corrected chi connectivity index (χ0v) is 14.4. The first-order chi connectivity index (χ1) is 9.99. The van der Waals surface area contributed by atoms with E-state index < -0.39 is 0 Å². The van der Waals surface area contributed by atoms with Gasteiger partial charge < -0.3 is 11.1 Å². The largest absolute Gasteiger partial charge is 0.382 e. The number of nitrogens with two attached hydrogens (primary N) is 1. The molecule has 0 saturated heterocycles. The maximum atomic E-state index is 7.70. The molecule has 0 aromatic heterocycles. The first-order valence-electron chi connectivity index (χ1n) is 7.64. The fourth-order valence-corrected chi connectivity index (χ4v) is 3.43. The highest BCUT2D eigenvalue weighted by atomic mass is 79.9. The lowest BCUT2D eigenvalue weighted by Crippen LogP contribution is -2.24. The molecule has 0 bridgehead atoms. The van der Waals surface area contributed by atoms with Gasteiger partial charge in [0.1, 0.15) is 5.84 Å². The molecular formula is C17H24BrN3. The van der Waals surface area contributed by atoms with Gasteiger partial charge in [-0.05, 0) is 55.9 Å². The van der Waals surface area contributed by atoms with Gasteiger partial charge in [0, 0.05) is 4.47 Å². The van der Waals surface area contributed by atoms with E-state index in [0.717, 1.165) is 4.47 Å². The zero-order chi connectivity index (χ0) is 15.4. The molecule has 2 rings (SSSR count). The number of halogens is 1. The van der Waals surface area contributed by atoms with Gasteiger partial charge in [-0.1, -0.05) is 41.3 Å². The summed E-state index contributed by atoms with van der Waals surface area (Å²) in [6.07, 6.45) is 6.26. The number of aliphatic imine (C=N–C) groups is 1. The van der Waals surface area contributed by atoms with E-state index in [9.17, 15) is 0 Å². The summed E-state index contributed by atoms with van der Waals surface area (Å²) < 4.78 is 1.07. The van der Waals surface area contributed by atoms with Crippen molar-refractivity contribution < 1.29 is 0 Å². The van der Waals surface area contributed by atoms with Crippen molar-refractivity contribution in [1.29, 1.82) is 5.41 Å². The lowest BCUT2D eigenvalue weighted by Gasteiger charge is -2.29. The molecule has 1 aromatic rings. The lowest BCUT2D eigenvalue weighted by molar-refractivity contribution is 0.309. The molecule has 1 aliphatic carbocycles. The summed E-state index contributed by atoms with van der Waals surface area (Å²) in [7, 11) is 0. The Balaban J connectivity index is 2.41. The molecular weight excluding hydrogens is 326 g/mol. The van der Waals surface area contributed by atoms with Crippen LogP contribution in [-0.2, 0) is 0 Å². The average molecular weight is 350 g/mol. The topological polar surface area (TPSA) is 62.2 Å². The number of aryl methyl sites for hydroxylation is 1. The molecule has 0 amide bonds. The Hall–Kier alpha value is -1.16. The Labute approximate surface area is 135 Å². The second-order valence-corrected chi connectivity index (χ2v) is 6.90. The number of rotatable bonds is 4. The van der Waals surface area contributed by atoms with Gasteiger partial charge in [0.05, 0.1) is 11.8 Å². The van der Waals surface area contributed by atoms with Crippen LogP contribution >= 0.6 is 15.9 Å². The van der Waals surface area contributed by atoms with Crippen LogP contribution in [0.3, 0.4) is 0 Å². The van der Waals surface area contributed by atoms with Crippen molar-refractivity contribution in [3.8, 4) is 0 Å². The van der Waals surface area contributed by atoms with E-state index in [0.29, 0.717) is 17.5 Å². The highest BCUT2D eigenvalue weighted by Gasteiger charge is 2.26. The lowest BCUT2D eigenvalue weighted by atomic mass is 9.80. The van der Waals surface area contributed by atoms with E-state index in [4.69, 9.17) is 16.1 Å². The molecule has 1 fully saturated rings.